The predicted molar refractivity (Wildman–Crippen MR) is 264 cm³/mol. The average Bonchev–Trinajstić information content (AvgIpc) is 4.22. The van der Waals surface area contributed by atoms with Crippen LogP contribution in [0.5, 0.6) is 0 Å². The number of benzene rings is 2. The fourth-order valence-electron chi connectivity index (χ4n) is 11.4. The highest BCUT2D eigenvalue weighted by Gasteiger charge is 2.43. The van der Waals surface area contributed by atoms with Crippen LogP contribution in [0.15, 0.2) is 71.8 Å². The number of carbonyl (C=O) groups is 4. The molecule has 0 saturated carbocycles. The molecule has 4 aromatic rings. The Hall–Kier alpha value is -6.18. The zero-order valence-corrected chi connectivity index (χ0v) is 40.7. The van der Waals surface area contributed by atoms with Gasteiger partial charge in [0.05, 0.1) is 48.4 Å². The van der Waals surface area contributed by atoms with Gasteiger partial charge in [-0.15, -0.1) is 0 Å². The summed E-state index contributed by atoms with van der Waals surface area (Å²) < 4.78 is 10.00. The molecule has 5 aliphatic rings. The van der Waals surface area contributed by atoms with E-state index in [0.717, 1.165) is 109 Å². The molecular weight excluding hydrogens is 857 g/mol. The SMILES string of the molecule is C/C=C1\C=C(\c2ccc3[nH]c([C@@H]4CCCN4C(=O)[C@@H]4CCCN4C(=O)OC)nc3c2)[C@H](C)CC[C@@H](C)/C=C\C(=C(/C)c2ccc3[nH]c([C@@H]4CCCN4C(=O)[C@@H]4CCCN4C(=O)OC)nc3c2)CC1. The second-order valence-electron chi connectivity index (χ2n) is 19.7. The van der Waals surface area contributed by atoms with E-state index in [1.165, 1.54) is 36.5 Å². The summed E-state index contributed by atoms with van der Waals surface area (Å²) in [5.74, 6) is 2.24. The van der Waals surface area contributed by atoms with Gasteiger partial charge in [0.25, 0.3) is 0 Å². The van der Waals surface area contributed by atoms with Crippen LogP contribution >= 0.6 is 0 Å². The summed E-state index contributed by atoms with van der Waals surface area (Å²) in [4.78, 5) is 77.1. The Bertz CT molecular complexity index is 2690. The van der Waals surface area contributed by atoms with Crippen LogP contribution in [-0.2, 0) is 19.1 Å². The van der Waals surface area contributed by atoms with Crippen molar-refractivity contribution in [1.29, 1.82) is 0 Å². The third-order valence-corrected chi connectivity index (χ3v) is 15.5. The normalized spacial score (nSPS) is 27.6. The molecule has 0 unspecified atom stereocenters. The minimum absolute atomic E-state index is 0.0227. The maximum atomic E-state index is 13.9. The van der Waals surface area contributed by atoms with Crippen molar-refractivity contribution in [2.45, 2.75) is 129 Å². The summed E-state index contributed by atoms with van der Waals surface area (Å²) >= 11 is 0. The Labute approximate surface area is 399 Å². The molecular formula is C54H68N8O6. The minimum atomic E-state index is -0.497. The van der Waals surface area contributed by atoms with Crippen LogP contribution in [0, 0.1) is 11.8 Å². The van der Waals surface area contributed by atoms with Crippen LogP contribution in [0.25, 0.3) is 33.2 Å². The van der Waals surface area contributed by atoms with E-state index in [1.54, 1.807) is 9.80 Å². The number of ether oxygens (including phenoxy) is 2. The van der Waals surface area contributed by atoms with E-state index in [-0.39, 0.29) is 23.9 Å². The number of aromatic nitrogens is 4. The molecule has 2 aromatic carbocycles. The van der Waals surface area contributed by atoms with Gasteiger partial charge in [0, 0.05) is 26.2 Å². The van der Waals surface area contributed by atoms with Gasteiger partial charge >= 0.3 is 12.2 Å². The van der Waals surface area contributed by atoms with Gasteiger partial charge in [0.1, 0.15) is 23.7 Å². The van der Waals surface area contributed by atoms with Crippen molar-refractivity contribution in [1.82, 2.24) is 39.5 Å². The van der Waals surface area contributed by atoms with Gasteiger partial charge in [0.2, 0.25) is 11.8 Å². The van der Waals surface area contributed by atoms with Gasteiger partial charge in [-0.1, -0.05) is 55.9 Å². The molecule has 14 heteroatoms. The number of fused-ring (bicyclic) bond motifs is 2. The molecule has 14 nitrogen and oxygen atoms in total. The van der Waals surface area contributed by atoms with E-state index in [0.29, 0.717) is 50.9 Å². The fraction of sp³-hybridized carbons (Fsp3) is 0.519. The first-order chi connectivity index (χ1) is 33.0. The van der Waals surface area contributed by atoms with Crippen LogP contribution in [0.3, 0.4) is 0 Å². The number of methoxy groups -OCH3 is 2. The number of nitrogens with zero attached hydrogens (tertiary/aromatic N) is 6. The highest BCUT2D eigenvalue weighted by molar-refractivity contribution is 5.88. The molecule has 360 valence electrons. The average molecular weight is 925 g/mol. The van der Waals surface area contributed by atoms with Crippen LogP contribution in [0.1, 0.15) is 140 Å². The number of imidazole rings is 2. The standard InChI is InChI=1S/C54H68N8O6/c1-7-36-19-21-37(35(4)38-22-24-41-43(31-38)57-49(55-41)45-12-8-26-59(45)51(63)47-14-10-28-61(47)53(65)67-5)20-17-33(2)16-18-34(3)40(30-36)39-23-25-42-44(32-39)58-50(56-42)46-13-9-27-60(46)52(64)48-15-11-29-62(48)54(66)68-6/h7,17,20,22-25,30-34,45-48H,8-16,18-19,21,26-29H2,1-6H3,(H,55,57)(H,56,58)/b20-17-,36-7-,37-35-,40-30+/t33-,34-,45+,46+,47+,48+/m1/s1. The highest BCUT2D eigenvalue weighted by atomic mass is 16.5. The van der Waals surface area contributed by atoms with Crippen molar-refractivity contribution in [3.63, 3.8) is 0 Å². The molecule has 6 atom stereocenters. The van der Waals surface area contributed by atoms with Crippen LogP contribution in [0.2, 0.25) is 0 Å². The van der Waals surface area contributed by atoms with Crippen LogP contribution in [-0.4, -0.2) is 116 Å². The first-order valence-corrected chi connectivity index (χ1v) is 25.0. The van der Waals surface area contributed by atoms with Crippen molar-refractivity contribution >= 4 is 57.2 Å². The quantitative estimate of drug-likeness (QED) is 0.194. The molecule has 68 heavy (non-hydrogen) atoms. The second kappa shape index (κ2) is 20.2. The van der Waals surface area contributed by atoms with Gasteiger partial charge < -0.3 is 29.2 Å². The van der Waals surface area contributed by atoms with E-state index in [2.05, 4.69) is 98.4 Å². The monoisotopic (exact) mass is 925 g/mol. The van der Waals surface area contributed by atoms with Gasteiger partial charge in [0.15, 0.2) is 0 Å². The maximum absolute atomic E-state index is 13.9. The molecule has 0 bridgehead atoms. The number of hydrogen-bond donors (Lipinski definition) is 2. The lowest BCUT2D eigenvalue weighted by Gasteiger charge is -2.30. The van der Waals surface area contributed by atoms with Gasteiger partial charge in [-0.2, -0.15) is 0 Å². The number of carbonyl (C=O) groups excluding carboxylic acids is 4. The number of hydrogen-bond acceptors (Lipinski definition) is 8. The zero-order valence-electron chi connectivity index (χ0n) is 40.7. The fourth-order valence-corrected chi connectivity index (χ4v) is 11.4. The molecule has 4 fully saturated rings. The highest BCUT2D eigenvalue weighted by Crippen LogP contribution is 2.39. The number of aromatic amines is 2. The summed E-state index contributed by atoms with van der Waals surface area (Å²) in [5.41, 5.74) is 11.0. The first kappa shape index (κ1) is 46.9. The summed E-state index contributed by atoms with van der Waals surface area (Å²) in [5, 5.41) is 0. The van der Waals surface area contributed by atoms with Gasteiger partial charge in [-0.05, 0) is 155 Å². The van der Waals surface area contributed by atoms with Gasteiger partial charge in [-0.25, -0.2) is 19.6 Å². The molecule has 1 aliphatic carbocycles. The Morgan fingerprint density at radius 1 is 0.676 bits per heavy atom. The summed E-state index contributed by atoms with van der Waals surface area (Å²) in [6.45, 7) is 11.3. The number of H-pyrrole nitrogens is 2. The van der Waals surface area contributed by atoms with Crippen molar-refractivity contribution < 1.29 is 28.7 Å². The number of amides is 4. The van der Waals surface area contributed by atoms with Crippen molar-refractivity contribution in [2.75, 3.05) is 40.4 Å². The lowest BCUT2D eigenvalue weighted by molar-refractivity contribution is -0.137. The van der Waals surface area contributed by atoms with Crippen molar-refractivity contribution in [3.8, 4) is 0 Å². The Morgan fingerprint density at radius 2 is 1.22 bits per heavy atom. The van der Waals surface area contributed by atoms with E-state index >= 15 is 0 Å². The molecule has 2 N–H and O–H groups in total. The van der Waals surface area contributed by atoms with E-state index in [1.807, 2.05) is 9.80 Å². The first-order valence-electron chi connectivity index (χ1n) is 25.0. The Balaban J connectivity index is 0.938. The molecule has 2 aromatic heterocycles. The Morgan fingerprint density at radius 3 is 1.79 bits per heavy atom. The summed E-state index contributed by atoms with van der Waals surface area (Å²) in [7, 11) is 2.74. The van der Waals surface area contributed by atoms with Crippen molar-refractivity contribution in [3.05, 3.63) is 94.6 Å². The maximum Gasteiger partial charge on any atom is 0.410 e. The number of rotatable bonds is 6. The molecule has 4 saturated heterocycles. The molecule has 4 aliphatic heterocycles. The summed E-state index contributed by atoms with van der Waals surface area (Å²) in [6.07, 6.45) is 18.6. The van der Waals surface area contributed by atoms with Crippen LogP contribution in [0.4, 0.5) is 9.59 Å². The topological polar surface area (TPSA) is 157 Å². The van der Waals surface area contributed by atoms with E-state index in [4.69, 9.17) is 19.4 Å². The second-order valence-corrected chi connectivity index (χ2v) is 19.7. The van der Waals surface area contributed by atoms with E-state index in [9.17, 15) is 19.2 Å². The van der Waals surface area contributed by atoms with Gasteiger partial charge in [-0.3, -0.25) is 19.4 Å². The largest absolute Gasteiger partial charge is 0.453 e. The molecule has 0 spiro atoms. The lowest BCUT2D eigenvalue weighted by Crippen LogP contribution is -2.47. The zero-order chi connectivity index (χ0) is 47.6. The smallest absolute Gasteiger partial charge is 0.410 e. The minimum Gasteiger partial charge on any atom is -0.453 e. The molecule has 6 heterocycles. The molecule has 4 amide bonds. The third kappa shape index (κ3) is 9.34. The lowest BCUT2D eigenvalue weighted by atomic mass is 9.85. The van der Waals surface area contributed by atoms with Crippen LogP contribution < -0.4 is 0 Å². The summed E-state index contributed by atoms with van der Waals surface area (Å²) in [6, 6.07) is 11.7. The number of allylic oxidation sites excluding steroid dienone is 8. The Kier molecular flexibility index (Phi) is 13.9. The number of likely N-dealkylation sites (tertiary alicyclic amines) is 4. The third-order valence-electron chi connectivity index (χ3n) is 15.5. The van der Waals surface area contributed by atoms with E-state index < -0.39 is 24.3 Å². The van der Waals surface area contributed by atoms with Crippen molar-refractivity contribution in [2.24, 2.45) is 11.8 Å². The molecule has 0 radical (unpaired) electrons. The number of nitrogens with one attached hydrogen (secondary N) is 2. The molecule has 9 rings (SSSR count). The predicted octanol–water partition coefficient (Wildman–Crippen LogP) is 10.4.